The predicted molar refractivity (Wildman–Crippen MR) is 52.5 cm³/mol. The van der Waals surface area contributed by atoms with Gasteiger partial charge in [0.2, 0.25) is 0 Å². The summed E-state index contributed by atoms with van der Waals surface area (Å²) in [6.45, 7) is 5.65. The molecule has 0 radical (unpaired) electrons. The van der Waals surface area contributed by atoms with Crippen molar-refractivity contribution in [1.29, 1.82) is 0 Å². The summed E-state index contributed by atoms with van der Waals surface area (Å²) in [6.07, 6.45) is 2.53. The van der Waals surface area contributed by atoms with Crippen LogP contribution in [0.25, 0.3) is 0 Å². The maximum atomic E-state index is 4.27. The molecule has 0 aromatic heterocycles. The van der Waals surface area contributed by atoms with E-state index in [0.29, 0.717) is 0 Å². The first-order valence-corrected chi connectivity index (χ1v) is 4.72. The zero-order valence-corrected chi connectivity index (χ0v) is 8.38. The van der Waals surface area contributed by atoms with Gasteiger partial charge in [0.05, 0.1) is 0 Å². The quantitative estimate of drug-likeness (QED) is 0.628. The van der Waals surface area contributed by atoms with E-state index >= 15 is 0 Å². The van der Waals surface area contributed by atoms with Gasteiger partial charge in [0.15, 0.2) is 5.96 Å². The number of hydrogen-bond donors (Lipinski definition) is 0. The molecule has 1 heterocycles. The van der Waals surface area contributed by atoms with Crippen LogP contribution >= 0.6 is 0 Å². The molecule has 1 aliphatic rings. The van der Waals surface area contributed by atoms with Crippen LogP contribution in [0.3, 0.4) is 0 Å². The number of rotatable bonds is 3. The highest BCUT2D eigenvalue weighted by Crippen LogP contribution is 2.07. The molecule has 0 aromatic carbocycles. The molecule has 0 unspecified atom stereocenters. The van der Waals surface area contributed by atoms with Gasteiger partial charge in [-0.3, -0.25) is 4.99 Å². The molecule has 1 saturated heterocycles. The van der Waals surface area contributed by atoms with Crippen LogP contribution in [0.1, 0.15) is 19.8 Å². The summed E-state index contributed by atoms with van der Waals surface area (Å²) >= 11 is 0. The van der Waals surface area contributed by atoms with Crippen molar-refractivity contribution in [3.05, 3.63) is 0 Å². The van der Waals surface area contributed by atoms with Crippen molar-refractivity contribution < 1.29 is 0 Å². The fourth-order valence-electron chi connectivity index (χ4n) is 1.59. The third kappa shape index (κ3) is 1.90. The van der Waals surface area contributed by atoms with E-state index in [2.05, 4.69) is 28.8 Å². The Morgan fingerprint density at radius 2 is 2.17 bits per heavy atom. The molecule has 3 heteroatoms. The van der Waals surface area contributed by atoms with Crippen LogP contribution in [0.2, 0.25) is 0 Å². The summed E-state index contributed by atoms with van der Waals surface area (Å²) in [5, 5.41) is 0. The standard InChI is InChI=1S/C9H19N3/c1-4-5-6-12-8-7-11(3)9(12)10-2/h4-8H2,1-3H3/b10-9-. The van der Waals surface area contributed by atoms with Gasteiger partial charge in [-0.1, -0.05) is 13.3 Å². The van der Waals surface area contributed by atoms with Crippen LogP contribution in [-0.2, 0) is 0 Å². The van der Waals surface area contributed by atoms with Crippen molar-refractivity contribution in [1.82, 2.24) is 9.80 Å². The number of aliphatic imine (C=N–C) groups is 1. The number of hydrogen-bond acceptors (Lipinski definition) is 1. The fraction of sp³-hybridized carbons (Fsp3) is 0.889. The van der Waals surface area contributed by atoms with E-state index in [4.69, 9.17) is 0 Å². The first-order chi connectivity index (χ1) is 5.79. The third-order valence-corrected chi connectivity index (χ3v) is 2.31. The van der Waals surface area contributed by atoms with E-state index in [9.17, 15) is 0 Å². The Hall–Kier alpha value is -0.730. The van der Waals surface area contributed by atoms with Crippen LogP contribution < -0.4 is 0 Å². The van der Waals surface area contributed by atoms with Crippen molar-refractivity contribution >= 4 is 5.96 Å². The molecular formula is C9H19N3. The van der Waals surface area contributed by atoms with Gasteiger partial charge in [0.1, 0.15) is 0 Å². The maximum absolute atomic E-state index is 4.27. The van der Waals surface area contributed by atoms with Gasteiger partial charge in [-0.2, -0.15) is 0 Å². The van der Waals surface area contributed by atoms with Crippen LogP contribution in [0, 0.1) is 0 Å². The molecule has 1 fully saturated rings. The van der Waals surface area contributed by atoms with E-state index in [1.807, 2.05) is 7.05 Å². The number of unbranched alkanes of at least 4 members (excludes halogenated alkanes) is 1. The Bertz CT molecular complexity index is 165. The molecule has 0 aromatic rings. The lowest BCUT2D eigenvalue weighted by Gasteiger charge is -2.19. The molecule has 3 nitrogen and oxygen atoms in total. The second-order valence-electron chi connectivity index (χ2n) is 3.29. The highest BCUT2D eigenvalue weighted by Gasteiger charge is 2.21. The van der Waals surface area contributed by atoms with E-state index < -0.39 is 0 Å². The number of nitrogens with zero attached hydrogens (tertiary/aromatic N) is 3. The van der Waals surface area contributed by atoms with Crippen LogP contribution in [0.5, 0.6) is 0 Å². The van der Waals surface area contributed by atoms with Gasteiger partial charge < -0.3 is 9.80 Å². The maximum Gasteiger partial charge on any atom is 0.196 e. The fourth-order valence-corrected chi connectivity index (χ4v) is 1.59. The average Bonchev–Trinajstić information content (AvgIpc) is 2.43. The minimum absolute atomic E-state index is 1.12. The summed E-state index contributed by atoms with van der Waals surface area (Å²) in [4.78, 5) is 8.85. The highest BCUT2D eigenvalue weighted by molar-refractivity contribution is 5.81. The van der Waals surface area contributed by atoms with Gasteiger partial charge in [-0.15, -0.1) is 0 Å². The van der Waals surface area contributed by atoms with Gasteiger partial charge in [0.25, 0.3) is 0 Å². The summed E-state index contributed by atoms with van der Waals surface area (Å²) in [6, 6.07) is 0. The Labute approximate surface area is 75.1 Å². The first kappa shape index (κ1) is 9.36. The van der Waals surface area contributed by atoms with Crippen LogP contribution in [0.4, 0.5) is 0 Å². The van der Waals surface area contributed by atoms with Crippen molar-refractivity contribution in [2.75, 3.05) is 33.7 Å². The zero-order chi connectivity index (χ0) is 8.97. The second kappa shape index (κ2) is 4.33. The second-order valence-corrected chi connectivity index (χ2v) is 3.29. The lowest BCUT2D eigenvalue weighted by atomic mass is 10.3. The normalized spacial score (nSPS) is 21.1. The smallest absolute Gasteiger partial charge is 0.196 e. The predicted octanol–water partition coefficient (Wildman–Crippen LogP) is 1.02. The molecule has 1 aliphatic heterocycles. The Morgan fingerprint density at radius 1 is 1.42 bits per heavy atom. The van der Waals surface area contributed by atoms with Crippen LogP contribution in [-0.4, -0.2) is 49.5 Å². The summed E-state index contributed by atoms with van der Waals surface area (Å²) in [7, 11) is 3.98. The Balaban J connectivity index is 2.44. The Morgan fingerprint density at radius 3 is 2.75 bits per heavy atom. The molecule has 0 amide bonds. The van der Waals surface area contributed by atoms with E-state index in [-0.39, 0.29) is 0 Å². The monoisotopic (exact) mass is 169 g/mol. The number of guanidine groups is 1. The zero-order valence-electron chi connectivity index (χ0n) is 8.38. The highest BCUT2D eigenvalue weighted by atomic mass is 15.4. The lowest BCUT2D eigenvalue weighted by Crippen LogP contribution is -2.31. The average molecular weight is 169 g/mol. The molecular weight excluding hydrogens is 150 g/mol. The van der Waals surface area contributed by atoms with Crippen LogP contribution in [0.15, 0.2) is 4.99 Å². The van der Waals surface area contributed by atoms with Gasteiger partial charge >= 0.3 is 0 Å². The molecule has 1 rings (SSSR count). The van der Waals surface area contributed by atoms with Crippen molar-refractivity contribution in [3.63, 3.8) is 0 Å². The van der Waals surface area contributed by atoms with E-state index in [0.717, 1.165) is 25.6 Å². The largest absolute Gasteiger partial charge is 0.344 e. The summed E-state index contributed by atoms with van der Waals surface area (Å²) in [5.41, 5.74) is 0. The molecule has 0 bridgehead atoms. The van der Waals surface area contributed by atoms with Crippen molar-refractivity contribution in [3.8, 4) is 0 Å². The SMILES string of the molecule is CCCCN1CCN(C)/C1=N/C. The van der Waals surface area contributed by atoms with Crippen molar-refractivity contribution in [2.45, 2.75) is 19.8 Å². The first-order valence-electron chi connectivity index (χ1n) is 4.72. The summed E-state index contributed by atoms with van der Waals surface area (Å²) in [5.74, 6) is 1.16. The van der Waals surface area contributed by atoms with Gasteiger partial charge in [-0.05, 0) is 6.42 Å². The summed E-state index contributed by atoms with van der Waals surface area (Å²) < 4.78 is 0. The van der Waals surface area contributed by atoms with Gasteiger partial charge in [-0.25, -0.2) is 0 Å². The van der Waals surface area contributed by atoms with E-state index in [1.165, 1.54) is 12.8 Å². The molecule has 70 valence electrons. The van der Waals surface area contributed by atoms with Gasteiger partial charge in [0, 0.05) is 33.7 Å². The van der Waals surface area contributed by atoms with E-state index in [1.54, 1.807) is 0 Å². The Kier molecular flexibility index (Phi) is 3.38. The molecule has 0 spiro atoms. The molecule has 0 N–H and O–H groups in total. The third-order valence-electron chi connectivity index (χ3n) is 2.31. The molecule has 0 atom stereocenters. The molecule has 0 aliphatic carbocycles. The minimum atomic E-state index is 1.12. The topological polar surface area (TPSA) is 18.8 Å². The minimum Gasteiger partial charge on any atom is -0.344 e. The lowest BCUT2D eigenvalue weighted by molar-refractivity contribution is 0.447. The molecule has 12 heavy (non-hydrogen) atoms. The van der Waals surface area contributed by atoms with Crippen molar-refractivity contribution in [2.24, 2.45) is 4.99 Å². The number of likely N-dealkylation sites (N-methyl/N-ethyl adjacent to an activating group) is 1. The molecule has 0 saturated carbocycles.